The molecule has 142 valence electrons. The molecule has 0 unspecified atom stereocenters. The first-order chi connectivity index (χ1) is 12.7. The minimum atomic E-state index is -3.51. The van der Waals surface area contributed by atoms with Crippen molar-refractivity contribution >= 4 is 23.2 Å². The summed E-state index contributed by atoms with van der Waals surface area (Å²) in [6.07, 6.45) is 3.72. The van der Waals surface area contributed by atoms with Crippen LogP contribution < -0.4 is 10.2 Å². The Bertz CT molecular complexity index is 930. The second-order valence-electron chi connectivity index (χ2n) is 7.19. The van der Waals surface area contributed by atoms with Crippen LogP contribution in [-0.2, 0) is 16.1 Å². The predicted octanol–water partition coefficient (Wildman–Crippen LogP) is 2.41. The van der Waals surface area contributed by atoms with E-state index in [0.717, 1.165) is 24.1 Å². The van der Waals surface area contributed by atoms with Gasteiger partial charge in [0.05, 0.1) is 5.69 Å². The Morgan fingerprint density at radius 2 is 2.11 bits per heavy atom. The fourth-order valence-corrected chi connectivity index (χ4v) is 3.51. The molecule has 1 amide bonds. The van der Waals surface area contributed by atoms with Crippen LogP contribution in [0.25, 0.3) is 0 Å². The molecular weight excluding hydrogens is 356 g/mol. The Morgan fingerprint density at radius 1 is 1.37 bits per heavy atom. The zero-order valence-corrected chi connectivity index (χ0v) is 15.0. The quantitative estimate of drug-likeness (QED) is 0.853. The van der Waals surface area contributed by atoms with Gasteiger partial charge in [0, 0.05) is 48.5 Å². The van der Waals surface area contributed by atoms with Gasteiger partial charge in [-0.3, -0.25) is 4.79 Å². The number of halogens is 2. The van der Waals surface area contributed by atoms with Gasteiger partial charge in [-0.25, -0.2) is 15.0 Å². The average Bonchev–Trinajstić information content (AvgIpc) is 3.31. The van der Waals surface area contributed by atoms with E-state index < -0.39 is 18.4 Å². The van der Waals surface area contributed by atoms with Gasteiger partial charge in [0.2, 0.25) is 11.7 Å². The van der Waals surface area contributed by atoms with Crippen LogP contribution >= 0.6 is 0 Å². The van der Waals surface area contributed by atoms with Gasteiger partial charge in [-0.15, -0.1) is 0 Å². The maximum atomic E-state index is 13.9. The summed E-state index contributed by atoms with van der Waals surface area (Å²) in [6.45, 7) is 2.26. The van der Waals surface area contributed by atoms with E-state index in [2.05, 4.69) is 20.3 Å². The van der Waals surface area contributed by atoms with Crippen molar-refractivity contribution in [3.63, 3.8) is 0 Å². The molecule has 7 nitrogen and oxygen atoms in total. The number of pyridine rings is 1. The third-order valence-electron chi connectivity index (χ3n) is 5.01. The normalized spacial score (nSPS) is 17.1. The molecule has 2 aliphatic rings. The number of nitrogens with zero attached hydrogens (tertiary/aromatic N) is 4. The molecule has 1 aliphatic carbocycles. The first-order valence-corrected chi connectivity index (χ1v) is 8.65. The third-order valence-corrected chi connectivity index (χ3v) is 5.01. The van der Waals surface area contributed by atoms with E-state index in [1.807, 2.05) is 4.90 Å². The molecule has 0 saturated heterocycles. The highest BCUT2D eigenvalue weighted by atomic mass is 19.3. The van der Waals surface area contributed by atoms with Gasteiger partial charge in [-0.05, 0) is 19.8 Å². The van der Waals surface area contributed by atoms with Gasteiger partial charge >= 0.3 is 5.92 Å². The number of alkyl halides is 2. The van der Waals surface area contributed by atoms with Crippen LogP contribution in [-0.4, -0.2) is 39.1 Å². The molecule has 2 aromatic heterocycles. The highest BCUT2D eigenvalue weighted by molar-refractivity contribution is 5.89. The molecule has 0 radical (unpaired) electrons. The second-order valence-corrected chi connectivity index (χ2v) is 7.19. The number of aliphatic hydroxyl groups is 1. The number of aliphatic hydroxyl groups excluding tert-OH is 1. The second kappa shape index (κ2) is 5.91. The average molecular weight is 375 g/mol. The lowest BCUT2D eigenvalue weighted by molar-refractivity contribution is -0.114. The number of aromatic nitrogens is 3. The Labute approximate surface area is 154 Å². The Balaban J connectivity index is 1.79. The number of hydrogen-bond acceptors (Lipinski definition) is 6. The van der Waals surface area contributed by atoms with Crippen LogP contribution in [0.15, 0.2) is 18.3 Å². The molecule has 1 aliphatic heterocycles. The lowest BCUT2D eigenvalue weighted by Crippen LogP contribution is -2.26. The largest absolute Gasteiger partial charge is 0.390 e. The zero-order chi connectivity index (χ0) is 19.4. The van der Waals surface area contributed by atoms with Crippen LogP contribution in [0.2, 0.25) is 0 Å². The third kappa shape index (κ3) is 3.01. The van der Waals surface area contributed by atoms with Crippen molar-refractivity contribution in [3.05, 3.63) is 35.4 Å². The van der Waals surface area contributed by atoms with Gasteiger partial charge < -0.3 is 15.3 Å². The van der Waals surface area contributed by atoms with E-state index in [0.29, 0.717) is 23.9 Å². The van der Waals surface area contributed by atoms with Crippen molar-refractivity contribution < 1.29 is 18.7 Å². The number of amides is 1. The van der Waals surface area contributed by atoms with Gasteiger partial charge in [-0.2, -0.15) is 8.78 Å². The minimum absolute atomic E-state index is 0.0460. The molecule has 27 heavy (non-hydrogen) atoms. The summed E-state index contributed by atoms with van der Waals surface area (Å²) in [6, 6.07) is 3.38. The standard InChI is InChI=1S/C18H19F2N5O2/c1-10-5-15(24-16(22-10)18(19,20)9-26)25-8-17(3-4-17)12-7-21-14(6-13(12)25)23-11(2)27/h5-7,26H,3-4,8-9H2,1-2H3,(H,21,23,27). The van der Waals surface area contributed by atoms with Gasteiger partial charge in [0.25, 0.3) is 0 Å². The maximum absolute atomic E-state index is 13.9. The number of aryl methyl sites for hydroxylation is 1. The van der Waals surface area contributed by atoms with Gasteiger partial charge in [-0.1, -0.05) is 0 Å². The number of hydrogen-bond donors (Lipinski definition) is 2. The Kier molecular flexibility index (Phi) is 3.88. The fourth-order valence-electron chi connectivity index (χ4n) is 3.51. The minimum Gasteiger partial charge on any atom is -0.390 e. The molecule has 0 aromatic carbocycles. The smallest absolute Gasteiger partial charge is 0.329 e. The van der Waals surface area contributed by atoms with Crippen LogP contribution in [0.1, 0.15) is 36.8 Å². The molecule has 1 spiro atoms. The molecule has 1 saturated carbocycles. The summed E-state index contributed by atoms with van der Waals surface area (Å²) in [4.78, 5) is 25.3. The predicted molar refractivity (Wildman–Crippen MR) is 94.2 cm³/mol. The number of rotatable bonds is 4. The molecule has 0 bridgehead atoms. The monoisotopic (exact) mass is 375 g/mol. The van der Waals surface area contributed by atoms with E-state index in [4.69, 9.17) is 5.11 Å². The summed E-state index contributed by atoms with van der Waals surface area (Å²) in [5.74, 6) is -3.71. The van der Waals surface area contributed by atoms with E-state index >= 15 is 0 Å². The first kappa shape index (κ1) is 17.7. The van der Waals surface area contributed by atoms with Gasteiger partial charge in [0.1, 0.15) is 18.2 Å². The van der Waals surface area contributed by atoms with E-state index in [1.165, 1.54) is 6.92 Å². The first-order valence-electron chi connectivity index (χ1n) is 8.65. The number of carbonyl (C=O) groups excluding carboxylic acids is 1. The van der Waals surface area contributed by atoms with Crippen molar-refractivity contribution in [1.82, 2.24) is 15.0 Å². The van der Waals surface area contributed by atoms with Crippen molar-refractivity contribution in [2.24, 2.45) is 0 Å². The highest BCUT2D eigenvalue weighted by Crippen LogP contribution is 2.58. The number of fused-ring (bicyclic) bond motifs is 2. The number of anilines is 3. The molecule has 9 heteroatoms. The number of nitrogens with one attached hydrogen (secondary N) is 1. The highest BCUT2D eigenvalue weighted by Gasteiger charge is 2.52. The number of carbonyl (C=O) groups is 1. The van der Waals surface area contributed by atoms with Crippen LogP contribution in [0.4, 0.5) is 26.1 Å². The molecule has 0 atom stereocenters. The van der Waals surface area contributed by atoms with E-state index in [1.54, 1.807) is 25.3 Å². The molecule has 3 heterocycles. The van der Waals surface area contributed by atoms with Crippen LogP contribution in [0.5, 0.6) is 0 Å². The summed E-state index contributed by atoms with van der Waals surface area (Å²) in [7, 11) is 0. The summed E-state index contributed by atoms with van der Waals surface area (Å²) in [5.41, 5.74) is 2.17. The fraction of sp³-hybridized carbons (Fsp3) is 0.444. The summed E-state index contributed by atoms with van der Waals surface area (Å²) < 4.78 is 27.9. The SMILES string of the molecule is CC(=O)Nc1cc2c(cn1)C1(CC1)CN2c1cc(C)nc(C(F)(F)CO)n1. The van der Waals surface area contributed by atoms with Crippen molar-refractivity contribution in [1.29, 1.82) is 0 Å². The van der Waals surface area contributed by atoms with Crippen molar-refractivity contribution in [3.8, 4) is 0 Å². The lowest BCUT2D eigenvalue weighted by Gasteiger charge is -2.21. The maximum Gasteiger partial charge on any atom is 0.329 e. The van der Waals surface area contributed by atoms with Crippen LogP contribution in [0, 0.1) is 6.92 Å². The van der Waals surface area contributed by atoms with E-state index in [9.17, 15) is 13.6 Å². The zero-order valence-electron chi connectivity index (χ0n) is 15.0. The molecule has 4 rings (SSSR count). The topological polar surface area (TPSA) is 91.2 Å². The Morgan fingerprint density at radius 3 is 2.74 bits per heavy atom. The Hall–Kier alpha value is -2.68. The lowest BCUT2D eigenvalue weighted by atomic mass is 10.0. The summed E-state index contributed by atoms with van der Waals surface area (Å²) in [5, 5.41) is 11.6. The van der Waals surface area contributed by atoms with E-state index in [-0.39, 0.29) is 11.3 Å². The molecule has 2 N–H and O–H groups in total. The molecule has 2 aromatic rings. The molecular formula is C18H19F2N5O2. The van der Waals surface area contributed by atoms with Crippen molar-refractivity contribution in [2.75, 3.05) is 23.4 Å². The van der Waals surface area contributed by atoms with Crippen LogP contribution in [0.3, 0.4) is 0 Å². The van der Waals surface area contributed by atoms with Crippen molar-refractivity contribution in [2.45, 2.75) is 38.0 Å². The van der Waals surface area contributed by atoms with Gasteiger partial charge in [0.15, 0.2) is 0 Å². The molecule has 1 fully saturated rings. The summed E-state index contributed by atoms with van der Waals surface area (Å²) >= 11 is 0.